The van der Waals surface area contributed by atoms with E-state index in [1.165, 1.54) is 12.1 Å². The normalized spacial score (nSPS) is 18.1. The molecule has 0 unspecified atom stereocenters. The molecule has 1 saturated heterocycles. The van der Waals surface area contributed by atoms with Crippen LogP contribution in [0.2, 0.25) is 5.02 Å². The molecule has 0 radical (unpaired) electrons. The summed E-state index contributed by atoms with van der Waals surface area (Å²) >= 11 is 6.20. The van der Waals surface area contributed by atoms with E-state index in [1.807, 2.05) is 22.9 Å². The number of methoxy groups -OCH3 is 1. The number of nitrogens with zero attached hydrogens (tertiary/aromatic N) is 1. The molecular formula is C26H32ClFN2O5S. The highest BCUT2D eigenvalue weighted by molar-refractivity contribution is 7.89. The van der Waals surface area contributed by atoms with E-state index in [1.54, 1.807) is 7.11 Å². The summed E-state index contributed by atoms with van der Waals surface area (Å²) in [5.41, 5.74) is 1.60. The highest BCUT2D eigenvalue weighted by Gasteiger charge is 2.31. The molecule has 36 heavy (non-hydrogen) atoms. The lowest BCUT2D eigenvalue weighted by Crippen LogP contribution is -2.39. The summed E-state index contributed by atoms with van der Waals surface area (Å²) in [5, 5.41) is 0.704. The molecule has 0 bridgehead atoms. The first-order valence-electron chi connectivity index (χ1n) is 12.1. The molecule has 1 amide bonds. The summed E-state index contributed by atoms with van der Waals surface area (Å²) in [6.07, 6.45) is 4.57. The van der Waals surface area contributed by atoms with E-state index in [0.29, 0.717) is 29.9 Å². The largest absolute Gasteiger partial charge is 0.493 e. The fourth-order valence-corrected chi connectivity index (χ4v) is 5.38. The van der Waals surface area contributed by atoms with Gasteiger partial charge in [-0.2, -0.15) is 0 Å². The Morgan fingerprint density at radius 1 is 1.19 bits per heavy atom. The number of piperidine rings is 1. The van der Waals surface area contributed by atoms with Gasteiger partial charge in [-0.25, -0.2) is 17.5 Å². The Labute approximate surface area is 217 Å². The molecule has 196 valence electrons. The number of nitrogens with one attached hydrogen (secondary N) is 1. The van der Waals surface area contributed by atoms with Gasteiger partial charge in [0.15, 0.2) is 0 Å². The lowest BCUT2D eigenvalue weighted by molar-refractivity contribution is 0.0556. The number of sulfonamides is 1. The van der Waals surface area contributed by atoms with E-state index in [0.717, 1.165) is 56.2 Å². The summed E-state index contributed by atoms with van der Waals surface area (Å²) in [6, 6.07) is 10.6. The van der Waals surface area contributed by atoms with Crippen LogP contribution in [0.15, 0.2) is 36.4 Å². The van der Waals surface area contributed by atoms with Crippen LogP contribution in [0, 0.1) is 11.7 Å². The monoisotopic (exact) mass is 538 g/mol. The van der Waals surface area contributed by atoms with Crippen LogP contribution in [0.1, 0.15) is 59.1 Å². The number of benzene rings is 2. The third kappa shape index (κ3) is 6.97. The first kappa shape index (κ1) is 26.9. The summed E-state index contributed by atoms with van der Waals surface area (Å²) in [7, 11) is -2.09. The number of carbonyl (C=O) groups is 1. The van der Waals surface area contributed by atoms with Crippen molar-refractivity contribution in [2.45, 2.75) is 37.6 Å². The summed E-state index contributed by atoms with van der Waals surface area (Å²) < 4.78 is 51.0. The fraction of sp³-hybridized carbons (Fsp3) is 0.500. The maximum atomic E-state index is 14.7. The molecule has 2 aromatic rings. The highest BCUT2D eigenvalue weighted by Crippen LogP contribution is 2.45. The molecule has 2 aliphatic rings. The molecule has 10 heteroatoms. The summed E-state index contributed by atoms with van der Waals surface area (Å²) in [6.45, 7) is 2.78. The van der Waals surface area contributed by atoms with Gasteiger partial charge in [-0.1, -0.05) is 23.7 Å². The second-order valence-corrected chi connectivity index (χ2v) is 11.8. The minimum atomic E-state index is -3.79. The third-order valence-electron chi connectivity index (χ3n) is 6.76. The standard InChI is InChI=1S/C26H32ClFN2O5S/c1-34-16-24(19-4-3-5-20(27)12-19)30-10-8-17(9-11-30)15-35-25-14-23(28)22(13-21(25)18-6-7-18)26(31)29-36(2,32)33/h3-5,12-14,17-18,24H,6-11,15-16H2,1-2H3,(H,29,31)/t24-/m0/s1. The molecule has 4 rings (SSSR count). The van der Waals surface area contributed by atoms with Gasteiger partial charge in [0.2, 0.25) is 10.0 Å². The van der Waals surface area contributed by atoms with Gasteiger partial charge in [0.05, 0.1) is 31.1 Å². The zero-order valence-electron chi connectivity index (χ0n) is 20.5. The molecule has 1 heterocycles. The van der Waals surface area contributed by atoms with E-state index >= 15 is 0 Å². The Balaban J connectivity index is 1.39. The predicted molar refractivity (Wildman–Crippen MR) is 137 cm³/mol. The Bertz CT molecular complexity index is 1200. The quantitative estimate of drug-likeness (QED) is 0.478. The molecule has 1 N–H and O–H groups in total. The molecule has 1 aliphatic carbocycles. The molecule has 2 fully saturated rings. The SMILES string of the molecule is COC[C@@H](c1cccc(Cl)c1)N1CCC(COc2cc(F)c(C(=O)NS(C)(=O)=O)cc2C2CC2)CC1. The number of hydrogen-bond donors (Lipinski definition) is 1. The second-order valence-electron chi connectivity index (χ2n) is 9.66. The number of amides is 1. The summed E-state index contributed by atoms with van der Waals surface area (Å²) in [4.78, 5) is 14.7. The van der Waals surface area contributed by atoms with Gasteiger partial charge in [-0.05, 0) is 79.9 Å². The van der Waals surface area contributed by atoms with Crippen molar-refractivity contribution in [3.05, 3.63) is 63.9 Å². The average Bonchev–Trinajstić information content (AvgIpc) is 3.66. The zero-order chi connectivity index (χ0) is 25.9. The minimum Gasteiger partial charge on any atom is -0.493 e. The van der Waals surface area contributed by atoms with E-state index < -0.39 is 21.7 Å². The number of likely N-dealkylation sites (tertiary alicyclic amines) is 1. The first-order valence-corrected chi connectivity index (χ1v) is 14.4. The number of halogens is 2. The highest BCUT2D eigenvalue weighted by atomic mass is 35.5. The van der Waals surface area contributed by atoms with Crippen molar-refractivity contribution in [3.63, 3.8) is 0 Å². The Morgan fingerprint density at radius 2 is 1.92 bits per heavy atom. The minimum absolute atomic E-state index is 0.122. The molecule has 0 spiro atoms. The van der Waals surface area contributed by atoms with E-state index in [-0.39, 0.29) is 17.5 Å². The van der Waals surface area contributed by atoms with Crippen molar-refractivity contribution < 1.29 is 27.1 Å². The topological polar surface area (TPSA) is 84.9 Å². The second kappa shape index (κ2) is 11.5. The smallest absolute Gasteiger partial charge is 0.267 e. The summed E-state index contributed by atoms with van der Waals surface area (Å²) in [5.74, 6) is -0.827. The molecule has 7 nitrogen and oxygen atoms in total. The molecule has 2 aromatic carbocycles. The average molecular weight is 539 g/mol. The van der Waals surface area contributed by atoms with Gasteiger partial charge >= 0.3 is 0 Å². The van der Waals surface area contributed by atoms with Crippen molar-refractivity contribution in [3.8, 4) is 5.75 Å². The predicted octanol–water partition coefficient (Wildman–Crippen LogP) is 4.52. The first-order chi connectivity index (χ1) is 17.1. The van der Waals surface area contributed by atoms with Crippen LogP contribution in [-0.2, 0) is 14.8 Å². The van der Waals surface area contributed by atoms with Crippen molar-refractivity contribution in [2.75, 3.05) is 39.7 Å². The van der Waals surface area contributed by atoms with Gasteiger partial charge < -0.3 is 9.47 Å². The van der Waals surface area contributed by atoms with Crippen LogP contribution in [0.25, 0.3) is 0 Å². The van der Waals surface area contributed by atoms with Crippen molar-refractivity contribution in [1.29, 1.82) is 0 Å². The van der Waals surface area contributed by atoms with Gasteiger partial charge in [0.25, 0.3) is 5.91 Å². The van der Waals surface area contributed by atoms with Crippen LogP contribution in [0.5, 0.6) is 5.75 Å². The van der Waals surface area contributed by atoms with Crippen LogP contribution in [0.3, 0.4) is 0 Å². The van der Waals surface area contributed by atoms with Crippen molar-refractivity contribution in [2.24, 2.45) is 5.92 Å². The van der Waals surface area contributed by atoms with Gasteiger partial charge in [0.1, 0.15) is 11.6 Å². The third-order valence-corrected chi connectivity index (χ3v) is 7.55. The van der Waals surface area contributed by atoms with Crippen molar-refractivity contribution in [1.82, 2.24) is 9.62 Å². The molecule has 1 aliphatic heterocycles. The Morgan fingerprint density at radius 3 is 2.53 bits per heavy atom. The number of hydrogen-bond acceptors (Lipinski definition) is 6. The number of rotatable bonds is 10. The number of carbonyl (C=O) groups excluding carboxylic acids is 1. The van der Waals surface area contributed by atoms with E-state index in [2.05, 4.69) is 11.0 Å². The maximum Gasteiger partial charge on any atom is 0.267 e. The van der Waals surface area contributed by atoms with Gasteiger partial charge in [0, 0.05) is 18.2 Å². The lowest BCUT2D eigenvalue weighted by Gasteiger charge is -2.37. The molecule has 1 saturated carbocycles. The maximum absolute atomic E-state index is 14.7. The molecule has 0 aromatic heterocycles. The van der Waals surface area contributed by atoms with Gasteiger partial charge in [-0.3, -0.25) is 9.69 Å². The molecular weight excluding hydrogens is 507 g/mol. The van der Waals surface area contributed by atoms with Crippen molar-refractivity contribution >= 4 is 27.5 Å². The lowest BCUT2D eigenvalue weighted by atomic mass is 9.95. The van der Waals surface area contributed by atoms with Crippen LogP contribution < -0.4 is 9.46 Å². The van der Waals surface area contributed by atoms with Crippen LogP contribution in [-0.4, -0.2) is 58.9 Å². The van der Waals surface area contributed by atoms with Crippen LogP contribution in [0.4, 0.5) is 4.39 Å². The van der Waals surface area contributed by atoms with Gasteiger partial charge in [-0.15, -0.1) is 0 Å². The van der Waals surface area contributed by atoms with Crippen LogP contribution >= 0.6 is 11.6 Å². The fourth-order valence-electron chi connectivity index (χ4n) is 4.73. The van der Waals surface area contributed by atoms with E-state index in [4.69, 9.17) is 21.1 Å². The number of ether oxygens (including phenoxy) is 2. The Hall–Kier alpha value is -2.20. The molecule has 1 atom stereocenters. The van der Waals surface area contributed by atoms with E-state index in [9.17, 15) is 17.6 Å². The Kier molecular flexibility index (Phi) is 8.55. The zero-order valence-corrected chi connectivity index (χ0v) is 22.1.